The zero-order chi connectivity index (χ0) is 14.4. The normalized spacial score (nSPS) is 9.53. The average Bonchev–Trinajstić information content (AvgIpc) is 2.40. The van der Waals surface area contributed by atoms with Gasteiger partial charge in [-0.25, -0.2) is 0 Å². The highest BCUT2D eigenvalue weighted by Crippen LogP contribution is 2.20. The lowest BCUT2D eigenvalue weighted by Gasteiger charge is -2.10. The van der Waals surface area contributed by atoms with E-state index in [-0.39, 0.29) is 5.78 Å². The fraction of sp³-hybridized carbons (Fsp3) is 0.278. The van der Waals surface area contributed by atoms with Crippen molar-refractivity contribution in [2.24, 2.45) is 0 Å². The van der Waals surface area contributed by atoms with Gasteiger partial charge in [0.2, 0.25) is 0 Å². The number of carbonyl (C=O) groups excluding carboxylic acids is 1. The minimum absolute atomic E-state index is 0.112. The molecule has 2 aromatic rings. The minimum Gasteiger partial charge on any atom is -0.289 e. The van der Waals surface area contributed by atoms with E-state index in [1.165, 1.54) is 5.56 Å². The largest absolute Gasteiger partial charge is 0.289 e. The summed E-state index contributed by atoms with van der Waals surface area (Å²) < 4.78 is 0. The molecule has 19 heavy (non-hydrogen) atoms. The SMILES string of the molecule is CC.Cc1cc(C)c(C(=O)c2ccccc2)c(C)c1. The Morgan fingerprint density at radius 3 is 1.79 bits per heavy atom. The molecule has 0 radical (unpaired) electrons. The lowest BCUT2D eigenvalue weighted by Crippen LogP contribution is -2.06. The number of hydrogen-bond donors (Lipinski definition) is 0. The van der Waals surface area contributed by atoms with Crippen molar-refractivity contribution >= 4 is 5.78 Å². The topological polar surface area (TPSA) is 17.1 Å². The molecular weight excluding hydrogens is 232 g/mol. The molecule has 0 bridgehead atoms. The summed E-state index contributed by atoms with van der Waals surface area (Å²) in [7, 11) is 0. The molecule has 0 heterocycles. The Bertz CT molecular complexity index is 530. The van der Waals surface area contributed by atoms with Crippen LogP contribution in [0.5, 0.6) is 0 Å². The first-order valence-electron chi connectivity index (χ1n) is 6.77. The second-order valence-corrected chi connectivity index (χ2v) is 4.47. The van der Waals surface area contributed by atoms with Crippen LogP contribution in [0.1, 0.15) is 46.5 Å². The van der Waals surface area contributed by atoms with E-state index in [2.05, 4.69) is 19.1 Å². The molecule has 0 saturated heterocycles. The fourth-order valence-corrected chi connectivity index (χ4v) is 2.27. The summed E-state index contributed by atoms with van der Waals surface area (Å²) in [5.74, 6) is 0.112. The van der Waals surface area contributed by atoms with Crippen molar-refractivity contribution in [3.05, 3.63) is 70.3 Å². The molecule has 2 rings (SSSR count). The quantitative estimate of drug-likeness (QED) is 0.699. The standard InChI is InChI=1S/C16H16O.C2H6/c1-11-9-12(2)15(13(3)10-11)16(17)14-7-5-4-6-8-14;1-2/h4-10H,1-3H3;1-2H3. The van der Waals surface area contributed by atoms with Crippen LogP contribution in [-0.2, 0) is 0 Å². The lowest BCUT2D eigenvalue weighted by atomic mass is 9.93. The van der Waals surface area contributed by atoms with E-state index in [1.54, 1.807) is 0 Å². The fourth-order valence-electron chi connectivity index (χ4n) is 2.27. The second kappa shape index (κ2) is 6.89. The van der Waals surface area contributed by atoms with Gasteiger partial charge in [0, 0.05) is 11.1 Å². The maximum atomic E-state index is 12.4. The van der Waals surface area contributed by atoms with Crippen LogP contribution in [0, 0.1) is 20.8 Å². The van der Waals surface area contributed by atoms with E-state index in [1.807, 2.05) is 58.0 Å². The molecule has 0 unspecified atom stereocenters. The van der Waals surface area contributed by atoms with E-state index in [0.29, 0.717) is 0 Å². The van der Waals surface area contributed by atoms with Gasteiger partial charge in [0.25, 0.3) is 0 Å². The van der Waals surface area contributed by atoms with Crippen LogP contribution >= 0.6 is 0 Å². The molecule has 0 aliphatic heterocycles. The van der Waals surface area contributed by atoms with E-state index >= 15 is 0 Å². The van der Waals surface area contributed by atoms with Crippen molar-refractivity contribution in [2.75, 3.05) is 0 Å². The molecule has 0 N–H and O–H groups in total. The smallest absolute Gasteiger partial charge is 0.193 e. The summed E-state index contributed by atoms with van der Waals surface area (Å²) in [5.41, 5.74) is 4.89. The molecule has 1 heteroatoms. The molecule has 0 spiro atoms. The molecule has 0 amide bonds. The summed E-state index contributed by atoms with van der Waals surface area (Å²) in [4.78, 5) is 12.4. The third-order valence-corrected chi connectivity index (χ3v) is 2.94. The zero-order valence-corrected chi connectivity index (χ0v) is 12.4. The van der Waals surface area contributed by atoms with Crippen LogP contribution in [-0.4, -0.2) is 5.78 Å². The van der Waals surface area contributed by atoms with Crippen LogP contribution < -0.4 is 0 Å². The third kappa shape index (κ3) is 3.54. The van der Waals surface area contributed by atoms with Gasteiger partial charge < -0.3 is 0 Å². The summed E-state index contributed by atoms with van der Waals surface area (Å²) in [6, 6.07) is 13.6. The molecule has 100 valence electrons. The molecule has 0 aromatic heterocycles. The first-order chi connectivity index (χ1) is 9.09. The van der Waals surface area contributed by atoms with Crippen molar-refractivity contribution in [3.63, 3.8) is 0 Å². The predicted octanol–water partition coefficient (Wildman–Crippen LogP) is 4.87. The van der Waals surface area contributed by atoms with E-state index < -0.39 is 0 Å². The average molecular weight is 254 g/mol. The van der Waals surface area contributed by atoms with Gasteiger partial charge in [0.05, 0.1) is 0 Å². The van der Waals surface area contributed by atoms with Crippen molar-refractivity contribution in [1.29, 1.82) is 0 Å². The highest BCUT2D eigenvalue weighted by molar-refractivity contribution is 6.10. The molecule has 0 saturated carbocycles. The van der Waals surface area contributed by atoms with Crippen LogP contribution in [0.25, 0.3) is 0 Å². The first-order valence-corrected chi connectivity index (χ1v) is 6.77. The number of ketones is 1. The molecule has 1 nitrogen and oxygen atoms in total. The van der Waals surface area contributed by atoms with Gasteiger partial charge in [-0.2, -0.15) is 0 Å². The molecule has 0 aliphatic carbocycles. The van der Waals surface area contributed by atoms with Crippen molar-refractivity contribution in [3.8, 4) is 0 Å². The molecular formula is C18H22O. The highest BCUT2D eigenvalue weighted by atomic mass is 16.1. The molecule has 0 fully saturated rings. The number of hydrogen-bond acceptors (Lipinski definition) is 1. The molecule has 2 aromatic carbocycles. The van der Waals surface area contributed by atoms with Crippen LogP contribution in [0.15, 0.2) is 42.5 Å². The van der Waals surface area contributed by atoms with Gasteiger partial charge in [-0.1, -0.05) is 61.9 Å². The zero-order valence-electron chi connectivity index (χ0n) is 12.4. The Morgan fingerprint density at radius 1 is 0.842 bits per heavy atom. The Balaban J connectivity index is 0.000000861. The highest BCUT2D eigenvalue weighted by Gasteiger charge is 2.14. The van der Waals surface area contributed by atoms with Gasteiger partial charge in [-0.3, -0.25) is 4.79 Å². The molecule has 0 aliphatic rings. The monoisotopic (exact) mass is 254 g/mol. The predicted molar refractivity (Wildman–Crippen MR) is 81.9 cm³/mol. The van der Waals surface area contributed by atoms with Gasteiger partial charge >= 0.3 is 0 Å². The second-order valence-electron chi connectivity index (χ2n) is 4.47. The summed E-state index contributed by atoms with van der Waals surface area (Å²) in [6.07, 6.45) is 0. The van der Waals surface area contributed by atoms with E-state index in [4.69, 9.17) is 0 Å². The van der Waals surface area contributed by atoms with Crippen LogP contribution in [0.2, 0.25) is 0 Å². The van der Waals surface area contributed by atoms with Crippen molar-refractivity contribution in [2.45, 2.75) is 34.6 Å². The Kier molecular flexibility index (Phi) is 5.50. The van der Waals surface area contributed by atoms with Crippen LogP contribution in [0.4, 0.5) is 0 Å². The number of aryl methyl sites for hydroxylation is 3. The van der Waals surface area contributed by atoms with Gasteiger partial charge in [-0.05, 0) is 31.9 Å². The van der Waals surface area contributed by atoms with Gasteiger partial charge in [0.15, 0.2) is 5.78 Å². The van der Waals surface area contributed by atoms with Crippen molar-refractivity contribution < 1.29 is 4.79 Å². The minimum atomic E-state index is 0.112. The molecule has 0 atom stereocenters. The first kappa shape index (κ1) is 15.2. The van der Waals surface area contributed by atoms with Gasteiger partial charge in [0.1, 0.15) is 0 Å². The Hall–Kier alpha value is -1.89. The van der Waals surface area contributed by atoms with E-state index in [9.17, 15) is 4.79 Å². The van der Waals surface area contributed by atoms with Crippen LogP contribution in [0.3, 0.4) is 0 Å². The van der Waals surface area contributed by atoms with E-state index in [0.717, 1.165) is 22.3 Å². The number of rotatable bonds is 2. The van der Waals surface area contributed by atoms with Crippen molar-refractivity contribution in [1.82, 2.24) is 0 Å². The van der Waals surface area contributed by atoms with Gasteiger partial charge in [-0.15, -0.1) is 0 Å². The summed E-state index contributed by atoms with van der Waals surface area (Å²) >= 11 is 0. The Morgan fingerprint density at radius 2 is 1.32 bits per heavy atom. The number of benzene rings is 2. The summed E-state index contributed by atoms with van der Waals surface area (Å²) in [5, 5.41) is 0. The number of carbonyl (C=O) groups is 1. The summed E-state index contributed by atoms with van der Waals surface area (Å²) in [6.45, 7) is 10.0. The Labute approximate surface area is 116 Å². The maximum absolute atomic E-state index is 12.4. The third-order valence-electron chi connectivity index (χ3n) is 2.94. The maximum Gasteiger partial charge on any atom is 0.193 e. The lowest BCUT2D eigenvalue weighted by molar-refractivity contribution is 0.103.